The summed E-state index contributed by atoms with van der Waals surface area (Å²) in [6.45, 7) is 3.32. The van der Waals surface area contributed by atoms with Gasteiger partial charge in [0.1, 0.15) is 17.6 Å². The van der Waals surface area contributed by atoms with Crippen LogP contribution in [0.15, 0.2) is 76.4 Å². The number of nitrogens with zero attached hydrogens (tertiary/aromatic N) is 2. The van der Waals surface area contributed by atoms with Gasteiger partial charge in [-0.2, -0.15) is 0 Å². The zero-order valence-electron chi connectivity index (χ0n) is 19.7. The number of methoxy groups -OCH3 is 1. The number of nitrogens with one attached hydrogen (secondary N) is 1. The Morgan fingerprint density at radius 2 is 1.94 bits per heavy atom. The summed E-state index contributed by atoms with van der Waals surface area (Å²) >= 11 is 1.49. The first-order chi connectivity index (χ1) is 17.1. The van der Waals surface area contributed by atoms with Crippen LogP contribution < -0.4 is 10.1 Å². The maximum atomic E-state index is 13.9. The van der Waals surface area contributed by atoms with E-state index < -0.39 is 6.04 Å². The molecular weight excluding hydrogens is 462 g/mol. The summed E-state index contributed by atoms with van der Waals surface area (Å²) in [6, 6.07) is 18.5. The third-order valence-corrected chi connectivity index (χ3v) is 7.42. The maximum Gasteiger partial charge on any atom is 0.247 e. The molecule has 1 aliphatic rings. The lowest BCUT2D eigenvalue weighted by atomic mass is 10.0. The number of carbonyl (C=O) groups excluding carboxylic acids is 2. The average Bonchev–Trinajstić information content (AvgIpc) is 3.48. The van der Waals surface area contributed by atoms with Crippen LogP contribution in [-0.4, -0.2) is 34.1 Å². The first-order valence-electron chi connectivity index (χ1n) is 11.6. The van der Waals surface area contributed by atoms with Crippen molar-refractivity contribution < 1.29 is 18.7 Å². The Morgan fingerprint density at radius 3 is 2.71 bits per heavy atom. The Kier molecular flexibility index (Phi) is 6.55. The number of ether oxygens (including phenoxy) is 1. The largest absolute Gasteiger partial charge is 0.496 e. The Labute approximate surface area is 208 Å². The highest BCUT2D eigenvalue weighted by Gasteiger charge is 2.39. The molecule has 2 aromatic carbocycles. The fourth-order valence-corrected chi connectivity index (χ4v) is 5.89. The number of carbonyl (C=O) groups is 2. The van der Waals surface area contributed by atoms with Crippen LogP contribution in [0.25, 0.3) is 10.9 Å². The van der Waals surface area contributed by atoms with Gasteiger partial charge in [-0.3, -0.25) is 9.59 Å². The number of thioether (sulfide) groups is 1. The van der Waals surface area contributed by atoms with Crippen molar-refractivity contribution in [2.75, 3.05) is 12.9 Å². The average molecular weight is 490 g/mol. The van der Waals surface area contributed by atoms with Crippen molar-refractivity contribution in [2.24, 2.45) is 0 Å². The molecule has 8 heteroatoms. The van der Waals surface area contributed by atoms with E-state index in [2.05, 4.69) is 22.9 Å². The molecule has 1 N–H and O–H groups in total. The fourth-order valence-electron chi connectivity index (χ4n) is 4.70. The Hall–Kier alpha value is -3.65. The second kappa shape index (κ2) is 9.92. The first kappa shape index (κ1) is 23.1. The van der Waals surface area contributed by atoms with Crippen molar-refractivity contribution in [3.63, 3.8) is 0 Å². The summed E-state index contributed by atoms with van der Waals surface area (Å²) < 4.78 is 13.2. The SMILES string of the molecule is CCn1c2c(c3ccccc31)C(C(=O)NCc1ccccc1OC)N(Cc1ccco1)C(=O)CS2. The van der Waals surface area contributed by atoms with Crippen LogP contribution in [0, 0.1) is 0 Å². The quantitative estimate of drug-likeness (QED) is 0.405. The number of hydrogen-bond donors (Lipinski definition) is 1. The molecule has 1 aliphatic heterocycles. The monoisotopic (exact) mass is 489 g/mol. The minimum atomic E-state index is -0.801. The maximum absolute atomic E-state index is 13.9. The van der Waals surface area contributed by atoms with E-state index in [0.717, 1.165) is 33.6 Å². The molecule has 2 aromatic heterocycles. The number of rotatable bonds is 7. The molecule has 35 heavy (non-hydrogen) atoms. The molecule has 0 saturated heterocycles. The van der Waals surface area contributed by atoms with E-state index in [1.165, 1.54) is 11.8 Å². The predicted molar refractivity (Wildman–Crippen MR) is 135 cm³/mol. The van der Waals surface area contributed by atoms with Gasteiger partial charge in [0, 0.05) is 35.1 Å². The number of hydrogen-bond acceptors (Lipinski definition) is 5. The van der Waals surface area contributed by atoms with Crippen LogP contribution in [0.1, 0.15) is 29.9 Å². The summed E-state index contributed by atoms with van der Waals surface area (Å²) in [6.07, 6.45) is 1.58. The first-order valence-corrected chi connectivity index (χ1v) is 12.6. The van der Waals surface area contributed by atoms with Gasteiger partial charge in [0.15, 0.2) is 0 Å². The number of fused-ring (bicyclic) bond motifs is 3. The van der Waals surface area contributed by atoms with E-state index in [1.807, 2.05) is 48.5 Å². The standard InChI is InChI=1S/C27H27N3O4S/c1-3-29-21-12-6-5-11-20(21)24-25(26(32)28-15-18-9-4-7-13-22(18)33-2)30(16-19-10-8-14-34-19)23(31)17-35-27(24)29/h4-14,25H,3,15-17H2,1-2H3,(H,28,32). The molecule has 3 heterocycles. The predicted octanol–water partition coefficient (Wildman–Crippen LogP) is 4.75. The van der Waals surface area contributed by atoms with Gasteiger partial charge >= 0.3 is 0 Å². The summed E-state index contributed by atoms with van der Waals surface area (Å²) in [7, 11) is 1.61. The fraction of sp³-hybridized carbons (Fsp3) is 0.259. The molecule has 4 aromatic rings. The smallest absolute Gasteiger partial charge is 0.247 e. The lowest BCUT2D eigenvalue weighted by molar-refractivity contribution is -0.139. The van der Waals surface area contributed by atoms with E-state index >= 15 is 0 Å². The lowest BCUT2D eigenvalue weighted by Crippen LogP contribution is -2.43. The summed E-state index contributed by atoms with van der Waals surface area (Å²) in [4.78, 5) is 28.9. The molecule has 2 amide bonds. The lowest BCUT2D eigenvalue weighted by Gasteiger charge is -2.29. The minimum Gasteiger partial charge on any atom is -0.496 e. The highest BCUT2D eigenvalue weighted by Crippen LogP contribution is 2.42. The molecule has 0 spiro atoms. The van der Waals surface area contributed by atoms with Crippen LogP contribution in [0.4, 0.5) is 0 Å². The normalized spacial score (nSPS) is 15.7. The Balaban J connectivity index is 1.59. The van der Waals surface area contributed by atoms with Crippen LogP contribution in [0.3, 0.4) is 0 Å². The van der Waals surface area contributed by atoms with Gasteiger partial charge in [-0.25, -0.2) is 0 Å². The third-order valence-electron chi connectivity index (χ3n) is 6.31. The zero-order chi connectivity index (χ0) is 24.4. The number of amides is 2. The number of para-hydroxylation sites is 2. The van der Waals surface area contributed by atoms with Gasteiger partial charge < -0.3 is 23.9 Å². The molecule has 0 bridgehead atoms. The molecule has 0 saturated carbocycles. The van der Waals surface area contributed by atoms with Crippen molar-refractivity contribution in [3.05, 3.63) is 83.8 Å². The molecular formula is C27H27N3O4S. The summed E-state index contributed by atoms with van der Waals surface area (Å²) in [5.41, 5.74) is 2.79. The molecule has 7 nitrogen and oxygen atoms in total. The zero-order valence-corrected chi connectivity index (χ0v) is 20.5. The number of benzene rings is 2. The molecule has 180 valence electrons. The van der Waals surface area contributed by atoms with Crippen molar-refractivity contribution in [1.82, 2.24) is 14.8 Å². The van der Waals surface area contributed by atoms with Crippen LogP contribution in [0.5, 0.6) is 5.75 Å². The van der Waals surface area contributed by atoms with E-state index in [-0.39, 0.29) is 30.7 Å². The molecule has 0 radical (unpaired) electrons. The summed E-state index contributed by atoms with van der Waals surface area (Å²) in [5, 5.41) is 5.01. The second-order valence-corrected chi connectivity index (χ2v) is 9.27. The Bertz CT molecular complexity index is 1360. The van der Waals surface area contributed by atoms with Gasteiger partial charge in [-0.15, -0.1) is 0 Å². The molecule has 1 unspecified atom stereocenters. The van der Waals surface area contributed by atoms with Crippen molar-refractivity contribution >= 4 is 34.5 Å². The molecule has 5 rings (SSSR count). The minimum absolute atomic E-state index is 0.105. The number of furan rings is 1. The van der Waals surface area contributed by atoms with Crippen LogP contribution >= 0.6 is 11.8 Å². The van der Waals surface area contributed by atoms with Gasteiger partial charge in [-0.05, 0) is 31.2 Å². The van der Waals surface area contributed by atoms with Crippen LogP contribution in [-0.2, 0) is 29.2 Å². The van der Waals surface area contributed by atoms with Crippen LogP contribution in [0.2, 0.25) is 0 Å². The van der Waals surface area contributed by atoms with Gasteiger partial charge in [0.25, 0.3) is 0 Å². The Morgan fingerprint density at radius 1 is 1.14 bits per heavy atom. The van der Waals surface area contributed by atoms with Gasteiger partial charge in [0.05, 0.1) is 30.7 Å². The van der Waals surface area contributed by atoms with Gasteiger partial charge in [0.2, 0.25) is 11.8 Å². The number of aromatic nitrogens is 1. The van der Waals surface area contributed by atoms with Crippen molar-refractivity contribution in [1.29, 1.82) is 0 Å². The third kappa shape index (κ3) is 4.30. The van der Waals surface area contributed by atoms with E-state index in [9.17, 15) is 9.59 Å². The van der Waals surface area contributed by atoms with E-state index in [1.54, 1.807) is 24.3 Å². The van der Waals surface area contributed by atoms with Crippen molar-refractivity contribution in [2.45, 2.75) is 37.6 Å². The molecule has 1 atom stereocenters. The molecule has 0 fully saturated rings. The van der Waals surface area contributed by atoms with Gasteiger partial charge in [-0.1, -0.05) is 48.2 Å². The second-order valence-electron chi connectivity index (χ2n) is 8.30. The van der Waals surface area contributed by atoms with E-state index in [4.69, 9.17) is 9.15 Å². The highest BCUT2D eigenvalue weighted by atomic mass is 32.2. The topological polar surface area (TPSA) is 76.7 Å². The highest BCUT2D eigenvalue weighted by molar-refractivity contribution is 8.00. The van der Waals surface area contributed by atoms with E-state index in [0.29, 0.717) is 11.5 Å². The van der Waals surface area contributed by atoms with Crippen molar-refractivity contribution in [3.8, 4) is 5.75 Å². The molecule has 0 aliphatic carbocycles. The summed E-state index contributed by atoms with van der Waals surface area (Å²) in [5.74, 6) is 1.25. The number of aryl methyl sites for hydroxylation is 1.